The van der Waals surface area contributed by atoms with Gasteiger partial charge in [-0.15, -0.1) is 0 Å². The lowest BCUT2D eigenvalue weighted by atomic mass is 9.87. The first kappa shape index (κ1) is 10.3. The number of aromatic nitrogens is 1. The summed E-state index contributed by atoms with van der Waals surface area (Å²) in [5, 5.41) is 0.561. The van der Waals surface area contributed by atoms with Gasteiger partial charge in [-0.2, -0.15) is 0 Å². The van der Waals surface area contributed by atoms with Gasteiger partial charge in [0.2, 0.25) is 0 Å². The number of halogens is 1. The van der Waals surface area contributed by atoms with Crippen molar-refractivity contribution in [1.29, 1.82) is 0 Å². The van der Waals surface area contributed by atoms with Gasteiger partial charge in [-0.25, -0.2) is 4.79 Å². The standard InChI is InChI=1S/C11H12ClNO2/c1-11(2,3)6-4-5-7-9(8(6)12)13-10(14)15-7/h4-5H,1-3H3,(H,13,14). The molecule has 1 N–H and O–H groups in total. The summed E-state index contributed by atoms with van der Waals surface area (Å²) < 4.78 is 4.92. The molecule has 80 valence electrons. The van der Waals surface area contributed by atoms with E-state index in [9.17, 15) is 4.79 Å². The first-order chi connectivity index (χ1) is 6.89. The second-order valence-electron chi connectivity index (χ2n) is 4.56. The van der Waals surface area contributed by atoms with Crippen molar-refractivity contribution in [1.82, 2.24) is 4.98 Å². The highest BCUT2D eigenvalue weighted by Gasteiger charge is 2.20. The molecule has 1 aromatic heterocycles. The minimum atomic E-state index is -0.474. The molecular weight excluding hydrogens is 214 g/mol. The van der Waals surface area contributed by atoms with Crippen molar-refractivity contribution in [3.8, 4) is 0 Å². The van der Waals surface area contributed by atoms with Gasteiger partial charge in [0.1, 0.15) is 5.52 Å². The monoisotopic (exact) mass is 225 g/mol. The zero-order chi connectivity index (χ0) is 11.2. The lowest BCUT2D eigenvalue weighted by molar-refractivity contribution is 0.555. The highest BCUT2D eigenvalue weighted by atomic mass is 35.5. The number of H-pyrrole nitrogens is 1. The summed E-state index contributed by atoms with van der Waals surface area (Å²) in [6, 6.07) is 3.65. The summed E-state index contributed by atoms with van der Waals surface area (Å²) in [6.07, 6.45) is 0. The zero-order valence-corrected chi connectivity index (χ0v) is 9.61. The summed E-state index contributed by atoms with van der Waals surface area (Å²) in [7, 11) is 0. The zero-order valence-electron chi connectivity index (χ0n) is 8.85. The van der Waals surface area contributed by atoms with E-state index in [0.717, 1.165) is 5.56 Å². The number of fused-ring (bicyclic) bond motifs is 1. The Kier molecular flexibility index (Phi) is 2.15. The maximum atomic E-state index is 11.0. The molecule has 0 amide bonds. The maximum Gasteiger partial charge on any atom is 0.417 e. The SMILES string of the molecule is CC(C)(C)c1ccc2oc(=O)[nH]c2c1Cl. The number of oxazole rings is 1. The van der Waals surface area contributed by atoms with Crippen molar-refractivity contribution in [2.24, 2.45) is 0 Å². The van der Waals surface area contributed by atoms with E-state index in [1.165, 1.54) is 0 Å². The summed E-state index contributed by atoms with van der Waals surface area (Å²) >= 11 is 6.21. The number of rotatable bonds is 0. The van der Waals surface area contributed by atoms with Gasteiger partial charge >= 0.3 is 5.76 Å². The predicted molar refractivity (Wildman–Crippen MR) is 60.5 cm³/mol. The molecule has 0 spiro atoms. The third kappa shape index (κ3) is 1.67. The quantitative estimate of drug-likeness (QED) is 0.749. The predicted octanol–water partition coefficient (Wildman–Crippen LogP) is 3.07. The number of aromatic amines is 1. The average Bonchev–Trinajstić information content (AvgIpc) is 2.44. The van der Waals surface area contributed by atoms with Crippen LogP contribution in [0.2, 0.25) is 5.02 Å². The molecule has 1 heterocycles. The van der Waals surface area contributed by atoms with Crippen LogP contribution in [-0.4, -0.2) is 4.98 Å². The summed E-state index contributed by atoms with van der Waals surface area (Å²) in [5.41, 5.74) is 2.01. The molecule has 4 heteroatoms. The molecule has 3 nitrogen and oxygen atoms in total. The Hall–Kier alpha value is -1.22. The van der Waals surface area contributed by atoms with E-state index in [4.69, 9.17) is 16.0 Å². The van der Waals surface area contributed by atoms with Crippen LogP contribution >= 0.6 is 11.6 Å². The number of benzene rings is 1. The molecular formula is C11H12ClNO2. The lowest BCUT2D eigenvalue weighted by Gasteiger charge is -2.20. The largest absolute Gasteiger partial charge is 0.417 e. The van der Waals surface area contributed by atoms with E-state index in [1.807, 2.05) is 6.07 Å². The van der Waals surface area contributed by atoms with E-state index in [-0.39, 0.29) is 5.41 Å². The van der Waals surface area contributed by atoms with E-state index in [2.05, 4.69) is 25.8 Å². The smallest absolute Gasteiger partial charge is 0.408 e. The van der Waals surface area contributed by atoms with E-state index < -0.39 is 5.76 Å². The van der Waals surface area contributed by atoms with E-state index >= 15 is 0 Å². The third-order valence-electron chi connectivity index (χ3n) is 2.34. The van der Waals surface area contributed by atoms with Gasteiger partial charge in [0, 0.05) is 0 Å². The highest BCUT2D eigenvalue weighted by molar-refractivity contribution is 6.35. The number of hydrogen-bond acceptors (Lipinski definition) is 2. The van der Waals surface area contributed by atoms with E-state index in [0.29, 0.717) is 16.1 Å². The van der Waals surface area contributed by atoms with Crippen LogP contribution < -0.4 is 5.76 Å². The second-order valence-corrected chi connectivity index (χ2v) is 4.94. The summed E-state index contributed by atoms with van der Waals surface area (Å²) in [6.45, 7) is 6.20. The fraction of sp³-hybridized carbons (Fsp3) is 0.364. The van der Waals surface area contributed by atoms with Gasteiger partial charge in [-0.3, -0.25) is 4.98 Å². The number of hydrogen-bond donors (Lipinski definition) is 1. The van der Waals surface area contributed by atoms with Crippen LogP contribution in [-0.2, 0) is 5.41 Å². The van der Waals surface area contributed by atoms with Gasteiger partial charge in [-0.05, 0) is 17.0 Å². The molecule has 0 unspecified atom stereocenters. The van der Waals surface area contributed by atoms with Gasteiger partial charge in [0.25, 0.3) is 0 Å². The summed E-state index contributed by atoms with van der Waals surface area (Å²) in [4.78, 5) is 13.6. The molecule has 1 aromatic carbocycles. The Bertz CT molecular complexity index is 560. The molecule has 0 radical (unpaired) electrons. The number of nitrogens with one attached hydrogen (secondary N) is 1. The lowest BCUT2D eigenvalue weighted by Crippen LogP contribution is -2.11. The Morgan fingerprint density at radius 1 is 1.33 bits per heavy atom. The maximum absolute atomic E-state index is 11.0. The first-order valence-corrected chi connectivity index (χ1v) is 5.09. The van der Waals surface area contributed by atoms with Gasteiger partial charge < -0.3 is 4.42 Å². The fourth-order valence-electron chi connectivity index (χ4n) is 1.57. The fourth-order valence-corrected chi connectivity index (χ4v) is 2.05. The van der Waals surface area contributed by atoms with Crippen LogP contribution in [0.25, 0.3) is 11.1 Å². The Morgan fingerprint density at radius 3 is 2.60 bits per heavy atom. The van der Waals surface area contributed by atoms with Crippen LogP contribution in [0, 0.1) is 0 Å². The van der Waals surface area contributed by atoms with Crippen LogP contribution in [0.4, 0.5) is 0 Å². The van der Waals surface area contributed by atoms with Crippen molar-refractivity contribution in [2.45, 2.75) is 26.2 Å². The Balaban J connectivity index is 2.81. The van der Waals surface area contributed by atoms with Crippen LogP contribution in [0.5, 0.6) is 0 Å². The first-order valence-electron chi connectivity index (χ1n) is 4.71. The molecule has 0 saturated carbocycles. The van der Waals surface area contributed by atoms with Crippen molar-refractivity contribution < 1.29 is 4.42 Å². The minimum Gasteiger partial charge on any atom is -0.408 e. The highest BCUT2D eigenvalue weighted by Crippen LogP contribution is 2.33. The molecule has 0 saturated heterocycles. The van der Waals surface area contributed by atoms with Crippen molar-refractivity contribution in [3.05, 3.63) is 33.3 Å². The second kappa shape index (κ2) is 3.14. The minimum absolute atomic E-state index is 0.0561. The summed E-state index contributed by atoms with van der Waals surface area (Å²) in [5.74, 6) is -0.474. The van der Waals surface area contributed by atoms with Crippen molar-refractivity contribution >= 4 is 22.7 Å². The van der Waals surface area contributed by atoms with Gasteiger partial charge in [0.15, 0.2) is 5.58 Å². The molecule has 0 aliphatic heterocycles. The molecule has 0 fully saturated rings. The van der Waals surface area contributed by atoms with Crippen LogP contribution in [0.3, 0.4) is 0 Å². The molecule has 0 aliphatic carbocycles. The molecule has 0 bridgehead atoms. The average molecular weight is 226 g/mol. The Labute approximate surface area is 92.1 Å². The molecule has 15 heavy (non-hydrogen) atoms. The van der Waals surface area contributed by atoms with Crippen LogP contribution in [0.1, 0.15) is 26.3 Å². The molecule has 2 aromatic rings. The van der Waals surface area contributed by atoms with Crippen LogP contribution in [0.15, 0.2) is 21.3 Å². The topological polar surface area (TPSA) is 46.0 Å². The molecule has 0 atom stereocenters. The van der Waals surface area contributed by atoms with Gasteiger partial charge in [-0.1, -0.05) is 38.4 Å². The normalized spacial score (nSPS) is 12.3. The Morgan fingerprint density at radius 2 is 2.00 bits per heavy atom. The molecule has 0 aliphatic rings. The third-order valence-corrected chi connectivity index (χ3v) is 2.73. The molecule has 2 rings (SSSR count). The van der Waals surface area contributed by atoms with Crippen molar-refractivity contribution in [2.75, 3.05) is 0 Å². The van der Waals surface area contributed by atoms with Gasteiger partial charge in [0.05, 0.1) is 5.02 Å². The van der Waals surface area contributed by atoms with E-state index in [1.54, 1.807) is 6.07 Å². The van der Waals surface area contributed by atoms with Crippen molar-refractivity contribution in [3.63, 3.8) is 0 Å².